The van der Waals surface area contributed by atoms with Crippen molar-refractivity contribution in [2.24, 2.45) is 5.92 Å². The summed E-state index contributed by atoms with van der Waals surface area (Å²) < 4.78 is 3.73. The van der Waals surface area contributed by atoms with Crippen LogP contribution in [0.4, 0.5) is 0 Å². The van der Waals surface area contributed by atoms with Crippen molar-refractivity contribution in [1.82, 2.24) is 10.2 Å². The summed E-state index contributed by atoms with van der Waals surface area (Å²) in [5.74, 6) is -0.756. The molecule has 1 rings (SSSR count). The second-order valence-electron chi connectivity index (χ2n) is 6.57. The van der Waals surface area contributed by atoms with Crippen molar-refractivity contribution in [2.75, 3.05) is 7.11 Å². The van der Waals surface area contributed by atoms with E-state index in [1.54, 1.807) is 6.92 Å². The molecule has 0 aromatic heterocycles. The lowest BCUT2D eigenvalue weighted by atomic mass is 10.0. The minimum Gasteiger partial charge on any atom is -0.499 e. The van der Waals surface area contributed by atoms with Crippen LogP contribution in [0.15, 0.2) is 11.8 Å². The fourth-order valence-electron chi connectivity index (χ4n) is 2.75. The highest BCUT2D eigenvalue weighted by Crippen LogP contribution is 2.35. The number of methoxy groups -OCH3 is 1. The molecular formula is C17H25Cl3N2O4. The lowest BCUT2D eigenvalue weighted by Crippen LogP contribution is -2.52. The van der Waals surface area contributed by atoms with Gasteiger partial charge in [-0.25, -0.2) is 0 Å². The number of nitrogens with zero attached hydrogens (tertiary/aromatic N) is 1. The average Bonchev–Trinajstić information content (AvgIpc) is 2.85. The average molecular weight is 428 g/mol. The Kier molecular flexibility index (Phi) is 8.70. The molecule has 0 aliphatic carbocycles. The molecule has 0 radical (unpaired) electrons. The lowest BCUT2D eigenvalue weighted by Gasteiger charge is -2.30. The molecule has 6 nitrogen and oxygen atoms in total. The summed E-state index contributed by atoms with van der Waals surface area (Å²) in [5.41, 5.74) is 0. The highest BCUT2D eigenvalue weighted by molar-refractivity contribution is 6.67. The second-order valence-corrected chi connectivity index (χ2v) is 9.09. The first-order valence-electron chi connectivity index (χ1n) is 8.48. The SMILES string of the molecule is CCC(=O)N[C@@H](CC(C)C)C(=O)N1C(=O)C=C(OC)[C@@H]1CCC(Cl)(Cl)Cl. The number of nitrogens with one attached hydrogen (secondary N) is 1. The van der Waals surface area contributed by atoms with Gasteiger partial charge in [0.2, 0.25) is 5.91 Å². The zero-order chi connectivity index (χ0) is 20.1. The first kappa shape index (κ1) is 23.1. The Morgan fingerprint density at radius 3 is 2.42 bits per heavy atom. The number of rotatable bonds is 8. The fraction of sp³-hybridized carbons (Fsp3) is 0.706. The van der Waals surface area contributed by atoms with Crippen LogP contribution >= 0.6 is 34.8 Å². The summed E-state index contributed by atoms with van der Waals surface area (Å²) in [4.78, 5) is 38.3. The van der Waals surface area contributed by atoms with Gasteiger partial charge in [-0.05, 0) is 25.2 Å². The van der Waals surface area contributed by atoms with Crippen molar-refractivity contribution in [3.8, 4) is 0 Å². The van der Waals surface area contributed by atoms with E-state index in [0.29, 0.717) is 12.2 Å². The Morgan fingerprint density at radius 1 is 1.35 bits per heavy atom. The van der Waals surface area contributed by atoms with E-state index >= 15 is 0 Å². The van der Waals surface area contributed by atoms with E-state index < -0.39 is 27.7 Å². The standard InChI is InChI=1S/C17H25Cl3N2O4/c1-5-14(23)21-11(8-10(2)3)16(25)22-12(6-7-17(18,19)20)13(26-4)9-15(22)24/h9-12H,5-8H2,1-4H3,(H,21,23)/t11-,12-/m0/s1. The van der Waals surface area contributed by atoms with Crippen LogP contribution in [-0.4, -0.2) is 45.6 Å². The molecule has 0 spiro atoms. The molecule has 9 heteroatoms. The Hall–Kier alpha value is -0.980. The number of ether oxygens (including phenoxy) is 1. The summed E-state index contributed by atoms with van der Waals surface area (Å²) >= 11 is 17.4. The van der Waals surface area contributed by atoms with Gasteiger partial charge in [0.05, 0.1) is 13.2 Å². The summed E-state index contributed by atoms with van der Waals surface area (Å²) in [6.45, 7) is 5.56. The van der Waals surface area contributed by atoms with Crippen molar-refractivity contribution >= 4 is 52.5 Å². The second kappa shape index (κ2) is 9.81. The maximum absolute atomic E-state index is 13.0. The Balaban J connectivity index is 3.05. The minimum absolute atomic E-state index is 0.135. The minimum atomic E-state index is -1.51. The third-order valence-corrected chi connectivity index (χ3v) is 4.55. The van der Waals surface area contributed by atoms with Gasteiger partial charge in [0.15, 0.2) is 3.79 Å². The van der Waals surface area contributed by atoms with E-state index in [4.69, 9.17) is 39.5 Å². The van der Waals surface area contributed by atoms with Gasteiger partial charge in [-0.2, -0.15) is 0 Å². The molecule has 26 heavy (non-hydrogen) atoms. The monoisotopic (exact) mass is 426 g/mol. The van der Waals surface area contributed by atoms with Gasteiger partial charge in [-0.15, -0.1) is 0 Å². The van der Waals surface area contributed by atoms with E-state index in [-0.39, 0.29) is 31.1 Å². The third-order valence-electron chi connectivity index (χ3n) is 3.98. The molecule has 1 aliphatic rings. The Labute approximate surface area is 169 Å². The van der Waals surface area contributed by atoms with Crippen LogP contribution in [0.3, 0.4) is 0 Å². The number of amides is 3. The first-order valence-corrected chi connectivity index (χ1v) is 9.62. The van der Waals surface area contributed by atoms with Crippen LogP contribution in [0.5, 0.6) is 0 Å². The van der Waals surface area contributed by atoms with E-state index in [2.05, 4.69) is 5.32 Å². The van der Waals surface area contributed by atoms with Crippen molar-refractivity contribution < 1.29 is 19.1 Å². The number of halogens is 3. The van der Waals surface area contributed by atoms with Gasteiger partial charge >= 0.3 is 0 Å². The number of carbonyl (C=O) groups excluding carboxylic acids is 3. The third kappa shape index (κ3) is 6.63. The Bertz CT molecular complexity index is 573. The highest BCUT2D eigenvalue weighted by Gasteiger charge is 2.42. The Morgan fingerprint density at radius 2 is 1.96 bits per heavy atom. The summed E-state index contributed by atoms with van der Waals surface area (Å²) in [7, 11) is 1.42. The molecular weight excluding hydrogens is 403 g/mol. The molecule has 0 aromatic rings. The fourth-order valence-corrected chi connectivity index (χ4v) is 3.08. The molecule has 0 saturated carbocycles. The summed E-state index contributed by atoms with van der Waals surface area (Å²) in [5, 5.41) is 2.70. The molecule has 1 N–H and O–H groups in total. The number of carbonyl (C=O) groups is 3. The molecule has 148 valence electrons. The zero-order valence-corrected chi connectivity index (χ0v) is 17.6. The molecule has 1 heterocycles. The molecule has 2 atom stereocenters. The van der Waals surface area contributed by atoms with Gasteiger partial charge in [-0.1, -0.05) is 55.6 Å². The number of alkyl halides is 3. The maximum Gasteiger partial charge on any atom is 0.257 e. The van der Waals surface area contributed by atoms with E-state index in [1.807, 2.05) is 13.8 Å². The van der Waals surface area contributed by atoms with Gasteiger partial charge in [0, 0.05) is 12.5 Å². The van der Waals surface area contributed by atoms with Crippen LogP contribution in [0, 0.1) is 5.92 Å². The molecule has 3 amide bonds. The van der Waals surface area contributed by atoms with Gasteiger partial charge in [0.1, 0.15) is 11.8 Å². The normalized spacial score (nSPS) is 18.8. The van der Waals surface area contributed by atoms with Crippen LogP contribution in [-0.2, 0) is 19.1 Å². The number of imide groups is 1. The van der Waals surface area contributed by atoms with Gasteiger partial charge in [0.25, 0.3) is 11.8 Å². The van der Waals surface area contributed by atoms with Crippen LogP contribution in [0.2, 0.25) is 0 Å². The van der Waals surface area contributed by atoms with Crippen LogP contribution in [0.1, 0.15) is 46.5 Å². The van der Waals surface area contributed by atoms with Crippen LogP contribution in [0.25, 0.3) is 0 Å². The quantitative estimate of drug-likeness (QED) is 0.603. The number of hydrogen-bond donors (Lipinski definition) is 1. The van der Waals surface area contributed by atoms with Gasteiger partial charge < -0.3 is 10.1 Å². The molecule has 1 aliphatic heterocycles. The maximum atomic E-state index is 13.0. The molecule has 0 unspecified atom stereocenters. The lowest BCUT2D eigenvalue weighted by molar-refractivity contribution is -0.146. The van der Waals surface area contributed by atoms with Crippen molar-refractivity contribution in [3.05, 3.63) is 11.8 Å². The molecule has 0 aromatic carbocycles. The van der Waals surface area contributed by atoms with Crippen LogP contribution < -0.4 is 5.32 Å². The molecule has 0 bridgehead atoms. The topological polar surface area (TPSA) is 75.7 Å². The first-order chi connectivity index (χ1) is 12.0. The molecule has 0 saturated heterocycles. The van der Waals surface area contributed by atoms with Crippen molar-refractivity contribution in [2.45, 2.75) is 62.3 Å². The number of hydrogen-bond acceptors (Lipinski definition) is 4. The van der Waals surface area contributed by atoms with Gasteiger partial charge in [-0.3, -0.25) is 19.3 Å². The molecule has 0 fully saturated rings. The van der Waals surface area contributed by atoms with E-state index in [1.165, 1.54) is 13.2 Å². The van der Waals surface area contributed by atoms with Crippen molar-refractivity contribution in [1.29, 1.82) is 0 Å². The zero-order valence-electron chi connectivity index (χ0n) is 15.4. The highest BCUT2D eigenvalue weighted by atomic mass is 35.6. The smallest absolute Gasteiger partial charge is 0.257 e. The summed E-state index contributed by atoms with van der Waals surface area (Å²) in [6.07, 6.45) is 2.29. The summed E-state index contributed by atoms with van der Waals surface area (Å²) in [6, 6.07) is -1.46. The predicted molar refractivity (Wildman–Crippen MR) is 102 cm³/mol. The van der Waals surface area contributed by atoms with E-state index in [9.17, 15) is 14.4 Å². The predicted octanol–water partition coefficient (Wildman–Crippen LogP) is 3.35. The van der Waals surface area contributed by atoms with Crippen molar-refractivity contribution in [3.63, 3.8) is 0 Å². The van der Waals surface area contributed by atoms with E-state index in [0.717, 1.165) is 4.90 Å². The largest absolute Gasteiger partial charge is 0.499 e.